The molecule has 1 heterocycles. The molecule has 2 N–H and O–H groups in total. The second-order valence-corrected chi connectivity index (χ2v) is 5.08. The minimum Gasteiger partial charge on any atom is -0.475 e. The van der Waals surface area contributed by atoms with Gasteiger partial charge in [-0.25, -0.2) is 19.6 Å². The fourth-order valence-electron chi connectivity index (χ4n) is 1.21. The quantitative estimate of drug-likeness (QED) is 0.645. The summed E-state index contributed by atoms with van der Waals surface area (Å²) in [7, 11) is 0. The number of hydrogen-bond donors (Lipinski definition) is 2. The Kier molecular flexibility index (Phi) is 5.67. The highest BCUT2D eigenvalue weighted by Crippen LogP contribution is 2.06. The average Bonchev–Trinajstić information content (AvgIpc) is 2.36. The lowest BCUT2D eigenvalue weighted by molar-refractivity contribution is 0.0528. The van der Waals surface area contributed by atoms with Gasteiger partial charge < -0.3 is 15.2 Å². The van der Waals surface area contributed by atoms with Crippen molar-refractivity contribution in [1.29, 1.82) is 0 Å². The van der Waals surface area contributed by atoms with Crippen LogP contribution in [-0.2, 0) is 4.74 Å². The molecule has 0 unspecified atom stereocenters. The predicted octanol–water partition coefficient (Wildman–Crippen LogP) is 1.44. The lowest BCUT2D eigenvalue weighted by Crippen LogP contribution is -2.32. The van der Waals surface area contributed by atoms with E-state index in [-0.39, 0.29) is 5.82 Å². The van der Waals surface area contributed by atoms with Gasteiger partial charge in [0.25, 0.3) is 0 Å². The zero-order valence-electron chi connectivity index (χ0n) is 12.1. The smallest absolute Gasteiger partial charge is 0.407 e. The summed E-state index contributed by atoms with van der Waals surface area (Å²) in [6, 6.07) is 0. The van der Waals surface area contributed by atoms with Gasteiger partial charge in [0.15, 0.2) is 0 Å². The molecule has 1 amide bonds. The lowest BCUT2D eigenvalue weighted by atomic mass is 10.2. The Morgan fingerprint density at radius 1 is 1.33 bits per heavy atom. The van der Waals surface area contributed by atoms with E-state index in [0.29, 0.717) is 18.5 Å². The zero-order chi connectivity index (χ0) is 15.9. The number of hydrogen-bond acceptors (Lipinski definition) is 5. The molecule has 0 saturated heterocycles. The standard InChI is InChI=1S/C14H17N3O4/c1-14(2,3)21-13(20)15-7-5-4-6-10-8-16-11(12(18)19)17-9-10/h8-9H,5,7H2,1-3H3,(H,15,20)(H,18,19). The van der Waals surface area contributed by atoms with Crippen LogP contribution in [0.5, 0.6) is 0 Å². The van der Waals surface area contributed by atoms with E-state index >= 15 is 0 Å². The van der Waals surface area contributed by atoms with Gasteiger partial charge in [-0.2, -0.15) is 0 Å². The molecule has 0 radical (unpaired) electrons. The summed E-state index contributed by atoms with van der Waals surface area (Å²) in [6.07, 6.45) is 2.62. The van der Waals surface area contributed by atoms with E-state index < -0.39 is 17.7 Å². The van der Waals surface area contributed by atoms with Crippen LogP contribution in [0.3, 0.4) is 0 Å². The number of nitrogens with one attached hydrogen (secondary N) is 1. The summed E-state index contributed by atoms with van der Waals surface area (Å²) in [6.45, 7) is 5.71. The maximum absolute atomic E-state index is 11.3. The second kappa shape index (κ2) is 7.24. The number of carbonyl (C=O) groups is 2. The minimum absolute atomic E-state index is 0.271. The Hall–Kier alpha value is -2.62. The van der Waals surface area contributed by atoms with Crippen molar-refractivity contribution in [3.8, 4) is 11.8 Å². The Morgan fingerprint density at radius 3 is 2.48 bits per heavy atom. The Labute approximate surface area is 122 Å². The largest absolute Gasteiger partial charge is 0.475 e. The normalized spacial score (nSPS) is 10.2. The number of carboxylic acid groups (broad SMARTS) is 1. The maximum Gasteiger partial charge on any atom is 0.407 e. The number of carboxylic acids is 1. The number of carbonyl (C=O) groups excluding carboxylic acids is 1. The van der Waals surface area contributed by atoms with E-state index in [4.69, 9.17) is 9.84 Å². The van der Waals surface area contributed by atoms with Crippen molar-refractivity contribution in [2.45, 2.75) is 32.8 Å². The van der Waals surface area contributed by atoms with E-state index in [0.717, 1.165) is 0 Å². The van der Waals surface area contributed by atoms with E-state index in [1.54, 1.807) is 20.8 Å². The summed E-state index contributed by atoms with van der Waals surface area (Å²) >= 11 is 0. The third kappa shape index (κ3) is 6.92. The molecular weight excluding hydrogens is 274 g/mol. The summed E-state index contributed by atoms with van der Waals surface area (Å²) in [5.41, 5.74) is -0.0174. The van der Waals surface area contributed by atoms with E-state index in [1.807, 2.05) is 0 Å². The van der Waals surface area contributed by atoms with Crippen LogP contribution < -0.4 is 5.32 Å². The fraction of sp³-hybridized carbons (Fsp3) is 0.429. The summed E-state index contributed by atoms with van der Waals surface area (Å²) in [4.78, 5) is 29.2. The molecule has 112 valence electrons. The van der Waals surface area contributed by atoms with Crippen molar-refractivity contribution >= 4 is 12.1 Å². The topological polar surface area (TPSA) is 101 Å². The van der Waals surface area contributed by atoms with Crippen LogP contribution in [0.15, 0.2) is 12.4 Å². The third-order valence-corrected chi connectivity index (χ3v) is 1.99. The SMILES string of the molecule is CC(C)(C)OC(=O)NCCC#Cc1cnc(C(=O)O)nc1. The molecule has 0 atom stereocenters. The van der Waals surface area contributed by atoms with E-state index in [2.05, 4.69) is 27.1 Å². The van der Waals surface area contributed by atoms with Gasteiger partial charge >= 0.3 is 12.1 Å². The summed E-state index contributed by atoms with van der Waals surface area (Å²) in [5.74, 6) is 4.14. The maximum atomic E-state index is 11.3. The van der Waals surface area contributed by atoms with Crippen LogP contribution >= 0.6 is 0 Å². The molecule has 0 bridgehead atoms. The molecule has 1 aromatic rings. The zero-order valence-corrected chi connectivity index (χ0v) is 12.1. The molecule has 0 fully saturated rings. The molecule has 1 rings (SSSR count). The van der Waals surface area contributed by atoms with Crippen molar-refractivity contribution in [2.75, 3.05) is 6.54 Å². The monoisotopic (exact) mass is 291 g/mol. The predicted molar refractivity (Wildman–Crippen MR) is 74.7 cm³/mol. The Bertz CT molecular complexity index is 565. The molecule has 0 aliphatic carbocycles. The Balaban J connectivity index is 2.36. The molecule has 21 heavy (non-hydrogen) atoms. The highest BCUT2D eigenvalue weighted by Gasteiger charge is 2.15. The first-order chi connectivity index (χ1) is 9.78. The average molecular weight is 291 g/mol. The van der Waals surface area contributed by atoms with E-state index in [1.165, 1.54) is 12.4 Å². The van der Waals surface area contributed by atoms with Gasteiger partial charge in [-0.05, 0) is 20.8 Å². The van der Waals surface area contributed by atoms with Crippen LogP contribution in [0.2, 0.25) is 0 Å². The first-order valence-electron chi connectivity index (χ1n) is 6.29. The van der Waals surface area contributed by atoms with Gasteiger partial charge in [0, 0.05) is 25.4 Å². The van der Waals surface area contributed by atoms with Crippen molar-refractivity contribution in [2.24, 2.45) is 0 Å². The third-order valence-electron chi connectivity index (χ3n) is 1.99. The van der Waals surface area contributed by atoms with Crippen molar-refractivity contribution in [3.05, 3.63) is 23.8 Å². The molecule has 0 saturated carbocycles. The van der Waals surface area contributed by atoms with Gasteiger partial charge in [-0.15, -0.1) is 0 Å². The Morgan fingerprint density at radius 2 is 1.95 bits per heavy atom. The van der Waals surface area contributed by atoms with Gasteiger partial charge in [-0.1, -0.05) is 11.8 Å². The fourth-order valence-corrected chi connectivity index (χ4v) is 1.21. The molecule has 0 aromatic carbocycles. The number of nitrogens with zero attached hydrogens (tertiary/aromatic N) is 2. The van der Waals surface area contributed by atoms with Crippen molar-refractivity contribution < 1.29 is 19.4 Å². The second-order valence-electron chi connectivity index (χ2n) is 5.08. The van der Waals surface area contributed by atoms with Crippen LogP contribution in [0.4, 0.5) is 4.79 Å². The summed E-state index contributed by atoms with van der Waals surface area (Å²) in [5, 5.41) is 11.2. The van der Waals surface area contributed by atoms with Crippen LogP contribution in [0.25, 0.3) is 0 Å². The van der Waals surface area contributed by atoms with Gasteiger partial charge in [-0.3, -0.25) is 0 Å². The molecule has 0 spiro atoms. The molecule has 7 nitrogen and oxygen atoms in total. The number of rotatable bonds is 3. The van der Waals surface area contributed by atoms with Gasteiger partial charge in [0.2, 0.25) is 5.82 Å². The van der Waals surface area contributed by atoms with Crippen LogP contribution in [-0.4, -0.2) is 39.3 Å². The van der Waals surface area contributed by atoms with Crippen molar-refractivity contribution in [1.82, 2.24) is 15.3 Å². The first kappa shape index (κ1) is 16.4. The highest BCUT2D eigenvalue weighted by molar-refractivity contribution is 5.82. The first-order valence-corrected chi connectivity index (χ1v) is 6.29. The number of aromatic carboxylic acids is 1. The molecular formula is C14H17N3O4. The van der Waals surface area contributed by atoms with Crippen LogP contribution in [0.1, 0.15) is 43.4 Å². The molecule has 7 heteroatoms. The van der Waals surface area contributed by atoms with Crippen LogP contribution in [0, 0.1) is 11.8 Å². The lowest BCUT2D eigenvalue weighted by Gasteiger charge is -2.19. The number of amides is 1. The molecule has 0 aliphatic heterocycles. The number of alkyl carbamates (subject to hydrolysis) is 1. The minimum atomic E-state index is -1.18. The number of aromatic nitrogens is 2. The van der Waals surface area contributed by atoms with Gasteiger partial charge in [0.05, 0.1) is 5.56 Å². The highest BCUT2D eigenvalue weighted by atomic mass is 16.6. The summed E-state index contributed by atoms with van der Waals surface area (Å²) < 4.78 is 5.06. The molecule has 0 aliphatic rings. The number of ether oxygens (including phenoxy) is 1. The van der Waals surface area contributed by atoms with E-state index in [9.17, 15) is 9.59 Å². The van der Waals surface area contributed by atoms with Gasteiger partial charge in [0.1, 0.15) is 5.60 Å². The molecule has 1 aromatic heterocycles. The van der Waals surface area contributed by atoms with Crippen molar-refractivity contribution in [3.63, 3.8) is 0 Å².